The molecular weight excluding hydrogens is 252 g/mol. The van der Waals surface area contributed by atoms with Gasteiger partial charge in [-0.1, -0.05) is 19.4 Å². The second-order valence-electron chi connectivity index (χ2n) is 7.25. The maximum Gasteiger partial charge on any atom is 0.302 e. The number of allylic oxidation sites excluding steroid dienone is 2. The Balaban J connectivity index is 1.94. The summed E-state index contributed by atoms with van der Waals surface area (Å²) in [5.41, 5.74) is 1.57. The number of ether oxygens (including phenoxy) is 1. The van der Waals surface area contributed by atoms with Crippen molar-refractivity contribution in [1.29, 1.82) is 0 Å². The molecule has 3 aliphatic rings. The quantitative estimate of drug-likeness (QED) is 0.689. The van der Waals surface area contributed by atoms with Crippen molar-refractivity contribution in [3.8, 4) is 0 Å². The van der Waals surface area contributed by atoms with E-state index in [0.29, 0.717) is 12.3 Å². The predicted octanol–water partition coefficient (Wildman–Crippen LogP) is 3.42. The number of hydrogen-bond acceptors (Lipinski definition) is 3. The summed E-state index contributed by atoms with van der Waals surface area (Å²) in [6.45, 7) is 6.15. The Morgan fingerprint density at radius 1 is 1.20 bits per heavy atom. The van der Waals surface area contributed by atoms with E-state index in [9.17, 15) is 9.59 Å². The molecule has 4 atom stereocenters. The zero-order valence-electron chi connectivity index (χ0n) is 12.7. The first-order valence-corrected chi connectivity index (χ1v) is 7.77. The predicted molar refractivity (Wildman–Crippen MR) is 76.1 cm³/mol. The van der Waals surface area contributed by atoms with Crippen molar-refractivity contribution in [2.45, 2.75) is 65.4 Å². The minimum Gasteiger partial charge on any atom is -0.462 e. The molecule has 0 bridgehead atoms. The topological polar surface area (TPSA) is 43.4 Å². The van der Waals surface area contributed by atoms with Crippen molar-refractivity contribution in [3.05, 3.63) is 11.6 Å². The van der Waals surface area contributed by atoms with Crippen LogP contribution in [0.15, 0.2) is 11.6 Å². The maximum atomic E-state index is 11.7. The van der Waals surface area contributed by atoms with Gasteiger partial charge in [-0.3, -0.25) is 9.59 Å². The van der Waals surface area contributed by atoms with Crippen LogP contribution in [0.5, 0.6) is 0 Å². The van der Waals surface area contributed by atoms with Gasteiger partial charge in [-0.25, -0.2) is 0 Å². The minimum absolute atomic E-state index is 0.0455. The minimum atomic E-state index is -0.166. The molecule has 3 rings (SSSR count). The SMILES string of the molecule is CC(=O)OC1CCC2(C)C3CCC(=O)C=C3CCC12C. The summed E-state index contributed by atoms with van der Waals surface area (Å²) in [6, 6.07) is 0. The summed E-state index contributed by atoms with van der Waals surface area (Å²) in [4.78, 5) is 23.0. The highest BCUT2D eigenvalue weighted by molar-refractivity contribution is 5.91. The third-order valence-electron chi connectivity index (χ3n) is 6.42. The highest BCUT2D eigenvalue weighted by Crippen LogP contribution is 2.66. The van der Waals surface area contributed by atoms with Crippen molar-refractivity contribution in [3.63, 3.8) is 0 Å². The summed E-state index contributed by atoms with van der Waals surface area (Å²) in [5, 5.41) is 0. The van der Waals surface area contributed by atoms with Crippen molar-refractivity contribution >= 4 is 11.8 Å². The lowest BCUT2D eigenvalue weighted by atomic mass is 9.51. The Morgan fingerprint density at radius 2 is 1.95 bits per heavy atom. The fraction of sp³-hybridized carbons (Fsp3) is 0.765. The molecular formula is C17H24O3. The smallest absolute Gasteiger partial charge is 0.302 e. The Morgan fingerprint density at radius 3 is 2.65 bits per heavy atom. The summed E-state index contributed by atoms with van der Waals surface area (Å²) in [5.74, 6) is 0.623. The van der Waals surface area contributed by atoms with E-state index in [0.717, 1.165) is 32.1 Å². The van der Waals surface area contributed by atoms with Crippen LogP contribution in [0.4, 0.5) is 0 Å². The molecule has 0 spiro atoms. The number of esters is 1. The first kappa shape index (κ1) is 13.8. The zero-order chi connectivity index (χ0) is 14.5. The summed E-state index contributed by atoms with van der Waals surface area (Å²) < 4.78 is 5.62. The van der Waals surface area contributed by atoms with Crippen LogP contribution in [0.3, 0.4) is 0 Å². The largest absolute Gasteiger partial charge is 0.462 e. The molecule has 0 N–H and O–H groups in total. The molecule has 2 saturated carbocycles. The highest BCUT2D eigenvalue weighted by atomic mass is 16.5. The van der Waals surface area contributed by atoms with Gasteiger partial charge in [-0.05, 0) is 49.5 Å². The Bertz CT molecular complexity index is 492. The average molecular weight is 276 g/mol. The second kappa shape index (κ2) is 4.44. The molecule has 110 valence electrons. The van der Waals surface area contributed by atoms with Crippen LogP contribution in [0.1, 0.15) is 59.3 Å². The molecule has 3 aliphatic carbocycles. The van der Waals surface area contributed by atoms with Crippen LogP contribution in [0.2, 0.25) is 0 Å². The number of carbonyl (C=O) groups is 2. The lowest BCUT2D eigenvalue weighted by Crippen LogP contribution is -2.49. The van der Waals surface area contributed by atoms with Crippen LogP contribution >= 0.6 is 0 Å². The molecule has 0 saturated heterocycles. The Hall–Kier alpha value is -1.12. The van der Waals surface area contributed by atoms with E-state index in [1.54, 1.807) is 0 Å². The van der Waals surface area contributed by atoms with Crippen LogP contribution in [-0.2, 0) is 14.3 Å². The van der Waals surface area contributed by atoms with E-state index in [1.807, 2.05) is 6.08 Å². The number of hydrogen-bond donors (Lipinski definition) is 0. The van der Waals surface area contributed by atoms with E-state index in [-0.39, 0.29) is 28.7 Å². The van der Waals surface area contributed by atoms with Gasteiger partial charge in [-0.15, -0.1) is 0 Å². The molecule has 0 aromatic heterocycles. The highest BCUT2D eigenvalue weighted by Gasteiger charge is 2.61. The summed E-state index contributed by atoms with van der Waals surface area (Å²) in [6.07, 6.45) is 7.67. The maximum absolute atomic E-state index is 11.7. The van der Waals surface area contributed by atoms with E-state index in [4.69, 9.17) is 4.74 Å². The van der Waals surface area contributed by atoms with Crippen molar-refractivity contribution in [2.75, 3.05) is 0 Å². The third kappa shape index (κ3) is 1.78. The number of ketones is 1. The summed E-state index contributed by atoms with van der Waals surface area (Å²) >= 11 is 0. The van der Waals surface area contributed by atoms with Crippen molar-refractivity contribution < 1.29 is 14.3 Å². The van der Waals surface area contributed by atoms with Gasteiger partial charge >= 0.3 is 5.97 Å². The van der Waals surface area contributed by atoms with Gasteiger partial charge in [0.1, 0.15) is 6.10 Å². The van der Waals surface area contributed by atoms with Gasteiger partial charge in [0.25, 0.3) is 0 Å². The molecule has 0 aromatic rings. The van der Waals surface area contributed by atoms with E-state index in [2.05, 4.69) is 13.8 Å². The molecule has 0 aliphatic heterocycles. The first-order valence-electron chi connectivity index (χ1n) is 7.77. The second-order valence-corrected chi connectivity index (χ2v) is 7.25. The normalized spacial score (nSPS) is 43.5. The fourth-order valence-electron chi connectivity index (χ4n) is 5.04. The van der Waals surface area contributed by atoms with Crippen LogP contribution < -0.4 is 0 Å². The van der Waals surface area contributed by atoms with Crippen LogP contribution in [0, 0.1) is 16.7 Å². The fourth-order valence-corrected chi connectivity index (χ4v) is 5.04. The van der Waals surface area contributed by atoms with E-state index >= 15 is 0 Å². The molecule has 0 heterocycles. The molecule has 0 amide bonds. The Labute approximate surface area is 120 Å². The van der Waals surface area contributed by atoms with Gasteiger partial charge in [0, 0.05) is 18.8 Å². The van der Waals surface area contributed by atoms with Gasteiger partial charge in [0.15, 0.2) is 5.78 Å². The Kier molecular flexibility index (Phi) is 3.07. The lowest BCUT2D eigenvalue weighted by Gasteiger charge is -2.54. The van der Waals surface area contributed by atoms with Gasteiger partial charge < -0.3 is 4.74 Å². The summed E-state index contributed by atoms with van der Waals surface area (Å²) in [7, 11) is 0. The number of rotatable bonds is 1. The van der Waals surface area contributed by atoms with Gasteiger partial charge in [0.2, 0.25) is 0 Å². The van der Waals surface area contributed by atoms with E-state index in [1.165, 1.54) is 12.5 Å². The number of fused-ring (bicyclic) bond motifs is 3. The van der Waals surface area contributed by atoms with Gasteiger partial charge in [-0.2, -0.15) is 0 Å². The molecule has 3 nitrogen and oxygen atoms in total. The van der Waals surface area contributed by atoms with Crippen LogP contribution in [-0.4, -0.2) is 17.9 Å². The molecule has 3 heteroatoms. The van der Waals surface area contributed by atoms with E-state index < -0.39 is 0 Å². The zero-order valence-corrected chi connectivity index (χ0v) is 12.7. The monoisotopic (exact) mass is 276 g/mol. The molecule has 0 aromatic carbocycles. The first-order chi connectivity index (χ1) is 9.37. The third-order valence-corrected chi connectivity index (χ3v) is 6.42. The standard InChI is InChI=1S/C17H24O3/c1-11(18)20-15-7-9-16(2)14-5-4-13(19)10-12(14)6-8-17(15,16)3/h10,14-15H,4-9H2,1-3H3. The van der Waals surface area contributed by atoms with Crippen molar-refractivity contribution in [1.82, 2.24) is 0 Å². The van der Waals surface area contributed by atoms with Crippen LogP contribution in [0.25, 0.3) is 0 Å². The molecule has 4 unspecified atom stereocenters. The number of carbonyl (C=O) groups excluding carboxylic acids is 2. The lowest BCUT2D eigenvalue weighted by molar-refractivity contribution is -0.157. The molecule has 20 heavy (non-hydrogen) atoms. The van der Waals surface area contributed by atoms with Gasteiger partial charge in [0.05, 0.1) is 0 Å². The van der Waals surface area contributed by atoms with Crippen molar-refractivity contribution in [2.24, 2.45) is 16.7 Å². The molecule has 0 radical (unpaired) electrons. The molecule has 2 fully saturated rings. The average Bonchev–Trinajstić information content (AvgIpc) is 2.63.